The van der Waals surface area contributed by atoms with E-state index in [0.717, 1.165) is 5.56 Å². The maximum atomic E-state index is 11.8. The molecule has 1 amide bonds. The molecular weight excluding hydrogens is 218 g/mol. The number of cyclic esters (lactones) is 1. The van der Waals surface area contributed by atoms with Crippen molar-refractivity contribution in [3.8, 4) is 0 Å². The van der Waals surface area contributed by atoms with Gasteiger partial charge in [0.15, 0.2) is 6.10 Å². The Hall–Kier alpha value is -1.84. The third-order valence-corrected chi connectivity index (χ3v) is 2.62. The minimum atomic E-state index is -0.709. The van der Waals surface area contributed by atoms with Gasteiger partial charge in [-0.05, 0) is 25.5 Å². The van der Waals surface area contributed by atoms with Crippen LogP contribution in [0.5, 0.6) is 0 Å². The van der Waals surface area contributed by atoms with Crippen LogP contribution in [-0.4, -0.2) is 24.0 Å². The van der Waals surface area contributed by atoms with Crippen molar-refractivity contribution in [3.63, 3.8) is 0 Å². The lowest BCUT2D eigenvalue weighted by Crippen LogP contribution is -2.44. The van der Waals surface area contributed by atoms with E-state index in [9.17, 15) is 9.59 Å². The second-order valence-corrected chi connectivity index (χ2v) is 4.42. The SMILES string of the molecule is CC(C)NC(=O)C1Cc2ccccc2C(=O)O1. The molecule has 1 N–H and O–H groups in total. The Morgan fingerprint density at radius 3 is 2.82 bits per heavy atom. The summed E-state index contributed by atoms with van der Waals surface area (Å²) < 4.78 is 5.12. The lowest BCUT2D eigenvalue weighted by Gasteiger charge is -2.24. The van der Waals surface area contributed by atoms with E-state index in [-0.39, 0.29) is 11.9 Å². The molecule has 0 saturated heterocycles. The van der Waals surface area contributed by atoms with Gasteiger partial charge in [0.05, 0.1) is 5.56 Å². The second-order valence-electron chi connectivity index (χ2n) is 4.42. The number of fused-ring (bicyclic) bond motifs is 1. The molecule has 4 nitrogen and oxygen atoms in total. The van der Waals surface area contributed by atoms with Gasteiger partial charge in [-0.25, -0.2) is 4.79 Å². The number of carbonyl (C=O) groups is 2. The molecule has 0 bridgehead atoms. The Labute approximate surface area is 100.0 Å². The smallest absolute Gasteiger partial charge is 0.339 e. The molecule has 0 aromatic heterocycles. The van der Waals surface area contributed by atoms with Gasteiger partial charge in [0.1, 0.15) is 0 Å². The van der Waals surface area contributed by atoms with Gasteiger partial charge in [-0.2, -0.15) is 0 Å². The fourth-order valence-corrected chi connectivity index (χ4v) is 1.86. The largest absolute Gasteiger partial charge is 0.448 e. The van der Waals surface area contributed by atoms with Crippen LogP contribution in [-0.2, 0) is 16.0 Å². The summed E-state index contributed by atoms with van der Waals surface area (Å²) in [7, 11) is 0. The van der Waals surface area contributed by atoms with Crippen molar-refractivity contribution in [3.05, 3.63) is 35.4 Å². The molecular formula is C13H15NO3. The molecule has 1 heterocycles. The average Bonchev–Trinajstić information content (AvgIpc) is 2.28. The fraction of sp³-hybridized carbons (Fsp3) is 0.385. The lowest BCUT2D eigenvalue weighted by molar-refractivity contribution is -0.130. The zero-order chi connectivity index (χ0) is 12.4. The summed E-state index contributed by atoms with van der Waals surface area (Å²) in [6.07, 6.45) is -0.264. The van der Waals surface area contributed by atoms with Crippen molar-refractivity contribution in [1.82, 2.24) is 5.32 Å². The summed E-state index contributed by atoms with van der Waals surface area (Å²) in [4.78, 5) is 23.5. The van der Waals surface area contributed by atoms with Crippen molar-refractivity contribution < 1.29 is 14.3 Å². The topological polar surface area (TPSA) is 55.4 Å². The van der Waals surface area contributed by atoms with Crippen LogP contribution in [0, 0.1) is 0 Å². The highest BCUT2D eigenvalue weighted by Crippen LogP contribution is 2.20. The van der Waals surface area contributed by atoms with Gasteiger partial charge in [0.25, 0.3) is 5.91 Å². The van der Waals surface area contributed by atoms with Crippen molar-refractivity contribution in [2.45, 2.75) is 32.4 Å². The number of nitrogens with one attached hydrogen (secondary N) is 1. The molecule has 1 aliphatic heterocycles. The van der Waals surface area contributed by atoms with Gasteiger partial charge in [0, 0.05) is 12.5 Å². The summed E-state index contributed by atoms with van der Waals surface area (Å²) >= 11 is 0. The number of esters is 1. The minimum absolute atomic E-state index is 0.0402. The molecule has 17 heavy (non-hydrogen) atoms. The highest BCUT2D eigenvalue weighted by molar-refractivity contribution is 5.95. The fourth-order valence-electron chi connectivity index (χ4n) is 1.86. The number of amides is 1. The van der Waals surface area contributed by atoms with Gasteiger partial charge < -0.3 is 10.1 Å². The molecule has 0 saturated carbocycles. The first kappa shape index (κ1) is 11.6. The van der Waals surface area contributed by atoms with Crippen molar-refractivity contribution in [1.29, 1.82) is 0 Å². The number of ether oxygens (including phenoxy) is 1. The quantitative estimate of drug-likeness (QED) is 0.783. The van der Waals surface area contributed by atoms with E-state index in [1.54, 1.807) is 12.1 Å². The Kier molecular flexibility index (Phi) is 3.13. The highest BCUT2D eigenvalue weighted by Gasteiger charge is 2.30. The average molecular weight is 233 g/mol. The van der Waals surface area contributed by atoms with Crippen molar-refractivity contribution in [2.75, 3.05) is 0 Å². The zero-order valence-electron chi connectivity index (χ0n) is 9.90. The summed E-state index contributed by atoms with van der Waals surface area (Å²) in [5.74, 6) is -0.654. The second kappa shape index (κ2) is 4.57. The van der Waals surface area contributed by atoms with E-state index in [4.69, 9.17) is 4.74 Å². The van der Waals surface area contributed by atoms with Crippen molar-refractivity contribution >= 4 is 11.9 Å². The third-order valence-electron chi connectivity index (χ3n) is 2.62. The Morgan fingerprint density at radius 2 is 2.12 bits per heavy atom. The normalized spacial score (nSPS) is 18.5. The molecule has 90 valence electrons. The van der Waals surface area contributed by atoms with Gasteiger partial charge in [0.2, 0.25) is 0 Å². The molecule has 1 aromatic rings. The maximum Gasteiger partial charge on any atom is 0.339 e. The maximum absolute atomic E-state index is 11.8. The molecule has 0 radical (unpaired) electrons. The van der Waals surface area contributed by atoms with Crippen LogP contribution in [0.25, 0.3) is 0 Å². The van der Waals surface area contributed by atoms with Gasteiger partial charge in [-0.1, -0.05) is 18.2 Å². The zero-order valence-corrected chi connectivity index (χ0v) is 9.90. The van der Waals surface area contributed by atoms with Crippen LogP contribution >= 0.6 is 0 Å². The highest BCUT2D eigenvalue weighted by atomic mass is 16.5. The molecule has 0 aliphatic carbocycles. The molecule has 0 spiro atoms. The van der Waals surface area contributed by atoms with Gasteiger partial charge in [-0.3, -0.25) is 4.79 Å². The number of carbonyl (C=O) groups excluding carboxylic acids is 2. The van der Waals surface area contributed by atoms with Crippen molar-refractivity contribution in [2.24, 2.45) is 0 Å². The van der Waals surface area contributed by atoms with Crippen LogP contribution in [0.15, 0.2) is 24.3 Å². The van der Waals surface area contributed by atoms with Crippen LogP contribution in [0.4, 0.5) is 0 Å². The van der Waals surface area contributed by atoms with E-state index in [2.05, 4.69) is 5.32 Å². The number of hydrogen-bond donors (Lipinski definition) is 1. The molecule has 1 unspecified atom stereocenters. The number of rotatable bonds is 2. The van der Waals surface area contributed by atoms with E-state index in [0.29, 0.717) is 12.0 Å². The Balaban J connectivity index is 2.17. The predicted octanol–water partition coefficient (Wildman–Crippen LogP) is 1.29. The summed E-state index contributed by atoms with van der Waals surface area (Å²) in [5, 5.41) is 2.75. The number of benzene rings is 1. The Morgan fingerprint density at radius 1 is 1.41 bits per heavy atom. The van der Waals surface area contributed by atoms with E-state index < -0.39 is 12.1 Å². The molecule has 4 heteroatoms. The van der Waals surface area contributed by atoms with Gasteiger partial charge >= 0.3 is 5.97 Å². The molecule has 0 fully saturated rings. The molecule has 2 rings (SSSR count). The number of hydrogen-bond acceptors (Lipinski definition) is 3. The van der Waals surface area contributed by atoms with Crippen LogP contribution in [0.3, 0.4) is 0 Å². The first-order valence-electron chi connectivity index (χ1n) is 5.67. The standard InChI is InChI=1S/C13H15NO3/c1-8(2)14-12(15)11-7-9-5-3-4-6-10(9)13(16)17-11/h3-6,8,11H,7H2,1-2H3,(H,14,15). The molecule has 1 atom stereocenters. The van der Waals surface area contributed by atoms with Crippen LogP contribution in [0.1, 0.15) is 29.8 Å². The van der Waals surface area contributed by atoms with Crippen LogP contribution in [0.2, 0.25) is 0 Å². The molecule has 1 aliphatic rings. The molecule has 1 aromatic carbocycles. The first-order valence-corrected chi connectivity index (χ1v) is 5.67. The summed E-state index contributed by atoms with van der Waals surface area (Å²) in [6, 6.07) is 7.25. The lowest BCUT2D eigenvalue weighted by atomic mass is 9.98. The minimum Gasteiger partial charge on any atom is -0.448 e. The first-order chi connectivity index (χ1) is 8.08. The Bertz CT molecular complexity index is 454. The summed E-state index contributed by atoms with van der Waals surface area (Å²) in [5.41, 5.74) is 1.42. The van der Waals surface area contributed by atoms with E-state index in [1.165, 1.54) is 0 Å². The monoisotopic (exact) mass is 233 g/mol. The summed E-state index contributed by atoms with van der Waals surface area (Å²) in [6.45, 7) is 3.74. The van der Waals surface area contributed by atoms with Gasteiger partial charge in [-0.15, -0.1) is 0 Å². The predicted molar refractivity (Wildman–Crippen MR) is 62.6 cm³/mol. The van der Waals surface area contributed by atoms with Crippen LogP contribution < -0.4 is 5.32 Å². The van der Waals surface area contributed by atoms with E-state index >= 15 is 0 Å². The van der Waals surface area contributed by atoms with E-state index in [1.807, 2.05) is 26.0 Å². The third kappa shape index (κ3) is 2.46.